The topological polar surface area (TPSA) is 15.3 Å². The Morgan fingerprint density at radius 1 is 1.16 bits per heavy atom. The molecule has 2 nitrogen and oxygen atoms in total. The fourth-order valence-electron chi connectivity index (χ4n) is 2.84. The first kappa shape index (κ1) is 14.4. The van der Waals surface area contributed by atoms with Gasteiger partial charge in [-0.1, -0.05) is 19.9 Å². The van der Waals surface area contributed by atoms with Crippen LogP contribution in [-0.2, 0) is 0 Å². The van der Waals surface area contributed by atoms with Crippen LogP contribution in [0.4, 0.5) is 5.69 Å². The monoisotopic (exact) mass is 260 g/mol. The second-order valence-electron chi connectivity index (χ2n) is 6.41. The zero-order valence-corrected chi connectivity index (χ0v) is 12.9. The van der Waals surface area contributed by atoms with Crippen molar-refractivity contribution in [1.82, 2.24) is 4.90 Å². The van der Waals surface area contributed by atoms with Gasteiger partial charge in [-0.05, 0) is 55.9 Å². The molecule has 19 heavy (non-hydrogen) atoms. The van der Waals surface area contributed by atoms with Gasteiger partial charge < -0.3 is 10.2 Å². The number of hydrogen-bond donors (Lipinski definition) is 1. The van der Waals surface area contributed by atoms with Crippen LogP contribution in [0.3, 0.4) is 0 Å². The Bertz CT molecular complexity index is 404. The summed E-state index contributed by atoms with van der Waals surface area (Å²) in [5.41, 5.74) is 4.03. The molecule has 1 aliphatic heterocycles. The van der Waals surface area contributed by atoms with E-state index < -0.39 is 0 Å². The maximum absolute atomic E-state index is 3.70. The number of aryl methyl sites for hydroxylation is 2. The number of likely N-dealkylation sites (tertiary alicyclic amines) is 1. The fourth-order valence-corrected chi connectivity index (χ4v) is 2.84. The molecule has 1 aromatic rings. The average Bonchev–Trinajstić information content (AvgIpc) is 2.36. The van der Waals surface area contributed by atoms with Gasteiger partial charge in [0.05, 0.1) is 0 Å². The Labute approximate surface area is 118 Å². The molecule has 0 unspecified atom stereocenters. The summed E-state index contributed by atoms with van der Waals surface area (Å²) in [5.74, 6) is 0.782. The van der Waals surface area contributed by atoms with Crippen molar-refractivity contribution in [2.75, 3.05) is 25.0 Å². The van der Waals surface area contributed by atoms with Crippen LogP contribution >= 0.6 is 0 Å². The number of hydrogen-bond acceptors (Lipinski definition) is 2. The van der Waals surface area contributed by atoms with Crippen LogP contribution in [0, 0.1) is 19.8 Å². The maximum atomic E-state index is 3.70. The summed E-state index contributed by atoms with van der Waals surface area (Å²) < 4.78 is 0. The van der Waals surface area contributed by atoms with Crippen LogP contribution in [-0.4, -0.2) is 30.6 Å². The van der Waals surface area contributed by atoms with Crippen molar-refractivity contribution >= 4 is 5.69 Å². The average molecular weight is 260 g/mol. The number of benzene rings is 1. The molecule has 1 saturated heterocycles. The molecule has 1 fully saturated rings. The summed E-state index contributed by atoms with van der Waals surface area (Å²) in [6.45, 7) is 12.7. The van der Waals surface area contributed by atoms with Crippen LogP contribution in [0.2, 0.25) is 0 Å². The zero-order chi connectivity index (χ0) is 13.8. The van der Waals surface area contributed by atoms with Gasteiger partial charge in [-0.3, -0.25) is 0 Å². The first-order chi connectivity index (χ1) is 9.04. The van der Waals surface area contributed by atoms with E-state index in [1.807, 2.05) is 0 Å². The van der Waals surface area contributed by atoms with Gasteiger partial charge in [-0.2, -0.15) is 0 Å². The minimum atomic E-state index is 0.644. The molecule has 2 heteroatoms. The van der Waals surface area contributed by atoms with Crippen molar-refractivity contribution in [2.45, 2.75) is 46.6 Å². The van der Waals surface area contributed by atoms with E-state index in [1.165, 1.54) is 49.3 Å². The molecule has 0 spiro atoms. The summed E-state index contributed by atoms with van der Waals surface area (Å²) in [7, 11) is 0. The lowest BCUT2D eigenvalue weighted by atomic mass is 10.0. The van der Waals surface area contributed by atoms with Crippen LogP contribution in [0.1, 0.15) is 37.8 Å². The number of piperidine rings is 1. The second-order valence-corrected chi connectivity index (χ2v) is 6.41. The Balaban J connectivity index is 1.83. The predicted molar refractivity (Wildman–Crippen MR) is 83.8 cm³/mol. The van der Waals surface area contributed by atoms with Crippen molar-refractivity contribution in [3.8, 4) is 0 Å². The highest BCUT2D eigenvalue weighted by Crippen LogP contribution is 2.19. The molecular weight excluding hydrogens is 232 g/mol. The third-order valence-corrected chi connectivity index (χ3v) is 4.09. The number of nitrogens with one attached hydrogen (secondary N) is 1. The van der Waals surface area contributed by atoms with Crippen molar-refractivity contribution in [3.05, 3.63) is 29.3 Å². The van der Waals surface area contributed by atoms with Gasteiger partial charge in [0.15, 0.2) is 0 Å². The molecule has 1 N–H and O–H groups in total. The Morgan fingerprint density at radius 2 is 1.84 bits per heavy atom. The van der Waals surface area contributed by atoms with Crippen LogP contribution in [0.25, 0.3) is 0 Å². The van der Waals surface area contributed by atoms with Gasteiger partial charge in [0.25, 0.3) is 0 Å². The molecular formula is C17H28N2. The molecule has 0 saturated carbocycles. The summed E-state index contributed by atoms with van der Waals surface area (Å²) in [6, 6.07) is 7.34. The highest BCUT2D eigenvalue weighted by Gasteiger charge is 2.19. The highest BCUT2D eigenvalue weighted by molar-refractivity contribution is 5.48. The van der Waals surface area contributed by atoms with Gasteiger partial charge >= 0.3 is 0 Å². The van der Waals surface area contributed by atoms with E-state index in [0.717, 1.165) is 5.92 Å². The summed E-state index contributed by atoms with van der Waals surface area (Å²) in [5, 5.41) is 3.70. The number of rotatable bonds is 4. The molecule has 0 radical (unpaired) electrons. The minimum absolute atomic E-state index is 0.644. The van der Waals surface area contributed by atoms with Gasteiger partial charge in [0.1, 0.15) is 0 Å². The molecule has 0 aliphatic carbocycles. The SMILES string of the molecule is Cc1ccc(NC2CCN(CC(C)C)CC2)cc1C. The summed E-state index contributed by atoms with van der Waals surface area (Å²) >= 11 is 0. The van der Waals surface area contributed by atoms with Crippen molar-refractivity contribution < 1.29 is 0 Å². The Kier molecular flexibility index (Phi) is 4.87. The first-order valence-corrected chi connectivity index (χ1v) is 7.60. The maximum Gasteiger partial charge on any atom is 0.0345 e. The van der Waals surface area contributed by atoms with E-state index in [9.17, 15) is 0 Å². The second kappa shape index (κ2) is 6.42. The lowest BCUT2D eigenvalue weighted by Gasteiger charge is -2.33. The van der Waals surface area contributed by atoms with Gasteiger partial charge in [0, 0.05) is 31.4 Å². The van der Waals surface area contributed by atoms with E-state index in [-0.39, 0.29) is 0 Å². The molecule has 0 aromatic heterocycles. The third-order valence-electron chi connectivity index (χ3n) is 4.09. The molecule has 1 aromatic carbocycles. The minimum Gasteiger partial charge on any atom is -0.382 e. The Morgan fingerprint density at radius 3 is 2.42 bits per heavy atom. The van der Waals surface area contributed by atoms with E-state index >= 15 is 0 Å². The highest BCUT2D eigenvalue weighted by atomic mass is 15.1. The van der Waals surface area contributed by atoms with E-state index in [0.29, 0.717) is 6.04 Å². The molecule has 2 rings (SSSR count). The smallest absolute Gasteiger partial charge is 0.0345 e. The van der Waals surface area contributed by atoms with E-state index in [4.69, 9.17) is 0 Å². The van der Waals surface area contributed by atoms with Crippen LogP contribution < -0.4 is 5.32 Å². The molecule has 0 bridgehead atoms. The summed E-state index contributed by atoms with van der Waals surface area (Å²) in [4.78, 5) is 2.60. The normalized spacial score (nSPS) is 17.9. The lowest BCUT2D eigenvalue weighted by molar-refractivity contribution is 0.198. The number of nitrogens with zero attached hydrogens (tertiary/aromatic N) is 1. The fraction of sp³-hybridized carbons (Fsp3) is 0.647. The van der Waals surface area contributed by atoms with Gasteiger partial charge in [0.2, 0.25) is 0 Å². The third kappa shape index (κ3) is 4.24. The molecule has 1 heterocycles. The molecule has 1 aliphatic rings. The van der Waals surface area contributed by atoms with Gasteiger partial charge in [-0.15, -0.1) is 0 Å². The largest absolute Gasteiger partial charge is 0.382 e. The quantitative estimate of drug-likeness (QED) is 0.885. The predicted octanol–water partition coefficient (Wildman–Crippen LogP) is 3.84. The molecule has 106 valence electrons. The summed E-state index contributed by atoms with van der Waals surface area (Å²) in [6.07, 6.45) is 2.53. The molecule has 0 amide bonds. The number of anilines is 1. The van der Waals surface area contributed by atoms with Crippen LogP contribution in [0.5, 0.6) is 0 Å². The standard InChI is InChI=1S/C17H28N2/c1-13(2)12-19-9-7-16(8-10-19)18-17-6-5-14(3)15(4)11-17/h5-6,11,13,16,18H,7-10,12H2,1-4H3. The van der Waals surface area contributed by atoms with E-state index in [2.05, 4.69) is 56.1 Å². The first-order valence-electron chi connectivity index (χ1n) is 7.60. The van der Waals surface area contributed by atoms with E-state index in [1.54, 1.807) is 0 Å². The zero-order valence-electron chi connectivity index (χ0n) is 12.9. The van der Waals surface area contributed by atoms with Crippen molar-refractivity contribution in [1.29, 1.82) is 0 Å². The van der Waals surface area contributed by atoms with Crippen LogP contribution in [0.15, 0.2) is 18.2 Å². The Hall–Kier alpha value is -1.02. The van der Waals surface area contributed by atoms with Gasteiger partial charge in [-0.25, -0.2) is 0 Å². The molecule has 0 atom stereocenters. The lowest BCUT2D eigenvalue weighted by Crippen LogP contribution is -2.40. The van der Waals surface area contributed by atoms with Crippen molar-refractivity contribution in [3.63, 3.8) is 0 Å². The van der Waals surface area contributed by atoms with Crippen molar-refractivity contribution in [2.24, 2.45) is 5.92 Å².